The minimum absolute atomic E-state index is 0.644. The molecular weight excluding hydrogens is 168 g/mol. The van der Waals surface area contributed by atoms with Crippen molar-refractivity contribution in [2.75, 3.05) is 0 Å². The van der Waals surface area contributed by atoms with Crippen LogP contribution < -0.4 is 0 Å². The lowest BCUT2D eigenvalue weighted by Crippen LogP contribution is -2.24. The van der Waals surface area contributed by atoms with Crippen molar-refractivity contribution in [3.8, 4) is 0 Å². The van der Waals surface area contributed by atoms with Gasteiger partial charge < -0.3 is 0 Å². The van der Waals surface area contributed by atoms with E-state index in [4.69, 9.17) is 0 Å². The number of hydrogen-bond donors (Lipinski definition) is 0. The molecule has 0 aromatic rings. The molecular formula is C14H26. The minimum atomic E-state index is 0.644. The van der Waals surface area contributed by atoms with Crippen LogP contribution in [0.15, 0.2) is 0 Å². The van der Waals surface area contributed by atoms with E-state index in [0.717, 1.165) is 23.7 Å². The van der Waals surface area contributed by atoms with Crippen LogP contribution in [0.3, 0.4) is 0 Å². The van der Waals surface area contributed by atoms with E-state index in [0.29, 0.717) is 5.41 Å². The molecule has 4 atom stereocenters. The molecule has 4 unspecified atom stereocenters. The summed E-state index contributed by atoms with van der Waals surface area (Å²) >= 11 is 0. The second-order valence-corrected chi connectivity index (χ2v) is 6.47. The van der Waals surface area contributed by atoms with Gasteiger partial charge in [0.1, 0.15) is 0 Å². The highest BCUT2D eigenvalue weighted by Crippen LogP contribution is 2.57. The Bertz CT molecular complexity index is 184. The fraction of sp³-hybridized carbons (Fsp3) is 1.00. The van der Waals surface area contributed by atoms with Gasteiger partial charge in [-0.25, -0.2) is 0 Å². The first-order chi connectivity index (χ1) is 6.57. The Morgan fingerprint density at radius 2 is 1.36 bits per heavy atom. The van der Waals surface area contributed by atoms with Gasteiger partial charge in [-0.2, -0.15) is 0 Å². The smallest absolute Gasteiger partial charge is 0.0349 e. The molecule has 0 amide bonds. The molecule has 0 spiro atoms. The van der Waals surface area contributed by atoms with Crippen molar-refractivity contribution in [1.29, 1.82) is 0 Å². The Morgan fingerprint density at radius 3 is 1.71 bits per heavy atom. The van der Waals surface area contributed by atoms with Crippen LogP contribution in [0.5, 0.6) is 0 Å². The van der Waals surface area contributed by atoms with Crippen LogP contribution in [-0.2, 0) is 0 Å². The average molecular weight is 194 g/mol. The van der Waals surface area contributed by atoms with E-state index in [9.17, 15) is 0 Å². The molecule has 2 aliphatic rings. The van der Waals surface area contributed by atoms with E-state index in [1.165, 1.54) is 25.7 Å². The quantitative estimate of drug-likeness (QED) is 0.607. The Balaban J connectivity index is 2.17. The van der Waals surface area contributed by atoms with Crippen LogP contribution >= 0.6 is 0 Å². The summed E-state index contributed by atoms with van der Waals surface area (Å²) in [6.45, 7) is 9.77. The van der Waals surface area contributed by atoms with Gasteiger partial charge in [0.2, 0.25) is 0 Å². The van der Waals surface area contributed by atoms with Crippen molar-refractivity contribution in [2.24, 2.45) is 29.1 Å². The lowest BCUT2D eigenvalue weighted by molar-refractivity contribution is 0.158. The van der Waals surface area contributed by atoms with Gasteiger partial charge in [-0.15, -0.1) is 0 Å². The molecule has 2 aliphatic carbocycles. The third-order valence-corrected chi connectivity index (χ3v) is 4.94. The maximum Gasteiger partial charge on any atom is -0.0349 e. The summed E-state index contributed by atoms with van der Waals surface area (Å²) in [5, 5.41) is 0. The highest BCUT2D eigenvalue weighted by atomic mass is 14.5. The second kappa shape index (κ2) is 3.54. The van der Waals surface area contributed by atoms with E-state index in [-0.39, 0.29) is 0 Å². The standard InChI is InChI=1S/C14H26/c1-5-12-10-7-11(13(12)6-2)9-14(3,4)8-10/h10-13H,5-9H2,1-4H3. The summed E-state index contributed by atoms with van der Waals surface area (Å²) in [5.74, 6) is 4.26. The van der Waals surface area contributed by atoms with Crippen molar-refractivity contribution < 1.29 is 0 Å². The van der Waals surface area contributed by atoms with Gasteiger partial charge in [0, 0.05) is 0 Å². The van der Waals surface area contributed by atoms with Crippen molar-refractivity contribution in [3.63, 3.8) is 0 Å². The molecule has 0 heterocycles. The number of fused-ring (bicyclic) bond motifs is 2. The van der Waals surface area contributed by atoms with E-state index < -0.39 is 0 Å². The van der Waals surface area contributed by atoms with Gasteiger partial charge >= 0.3 is 0 Å². The van der Waals surface area contributed by atoms with Crippen molar-refractivity contribution >= 4 is 0 Å². The van der Waals surface area contributed by atoms with Gasteiger partial charge in [0.05, 0.1) is 0 Å². The SMILES string of the molecule is CCC1C2CC(CC(C)(C)C2)C1CC. The molecule has 82 valence electrons. The number of hydrogen-bond acceptors (Lipinski definition) is 0. The lowest BCUT2D eigenvalue weighted by Gasteiger charge is -2.35. The molecule has 0 aromatic heterocycles. The maximum absolute atomic E-state index is 2.48. The first-order valence-electron chi connectivity index (χ1n) is 6.57. The molecule has 2 saturated carbocycles. The zero-order chi connectivity index (χ0) is 10.3. The summed E-state index contributed by atoms with van der Waals surface area (Å²) in [5.41, 5.74) is 0.644. The minimum Gasteiger partial charge on any atom is -0.0651 e. The third-order valence-electron chi connectivity index (χ3n) is 4.94. The predicted molar refractivity (Wildman–Crippen MR) is 62.2 cm³/mol. The molecule has 0 aliphatic heterocycles. The van der Waals surface area contributed by atoms with Crippen LogP contribution in [0, 0.1) is 29.1 Å². The van der Waals surface area contributed by atoms with E-state index in [1.807, 2.05) is 0 Å². The summed E-state index contributed by atoms with van der Waals surface area (Å²) in [6.07, 6.45) is 7.41. The lowest BCUT2D eigenvalue weighted by atomic mass is 9.70. The van der Waals surface area contributed by atoms with E-state index in [2.05, 4.69) is 27.7 Å². The molecule has 0 nitrogen and oxygen atoms in total. The van der Waals surface area contributed by atoms with Gasteiger partial charge in [0.15, 0.2) is 0 Å². The average Bonchev–Trinajstić information content (AvgIpc) is 2.35. The molecule has 2 fully saturated rings. The second-order valence-electron chi connectivity index (χ2n) is 6.47. The van der Waals surface area contributed by atoms with Crippen LogP contribution in [-0.4, -0.2) is 0 Å². The highest BCUT2D eigenvalue weighted by molar-refractivity contribution is 4.97. The van der Waals surface area contributed by atoms with Crippen molar-refractivity contribution in [1.82, 2.24) is 0 Å². The van der Waals surface area contributed by atoms with Crippen LogP contribution in [0.4, 0.5) is 0 Å². The summed E-state index contributed by atoms with van der Waals surface area (Å²) < 4.78 is 0. The first kappa shape index (κ1) is 10.5. The molecule has 0 N–H and O–H groups in total. The Morgan fingerprint density at radius 1 is 0.929 bits per heavy atom. The topological polar surface area (TPSA) is 0 Å². The normalized spacial score (nSPS) is 45.4. The van der Waals surface area contributed by atoms with Crippen LogP contribution in [0.1, 0.15) is 59.8 Å². The van der Waals surface area contributed by atoms with Gasteiger partial charge in [-0.05, 0) is 48.3 Å². The fourth-order valence-corrected chi connectivity index (χ4v) is 4.68. The predicted octanol–water partition coefficient (Wildman–Crippen LogP) is 4.49. The molecule has 2 rings (SSSR count). The summed E-state index contributed by atoms with van der Waals surface area (Å²) in [6, 6.07) is 0. The van der Waals surface area contributed by atoms with Gasteiger partial charge in [-0.1, -0.05) is 40.5 Å². The molecule has 0 heteroatoms. The van der Waals surface area contributed by atoms with Gasteiger partial charge in [-0.3, -0.25) is 0 Å². The Hall–Kier alpha value is 0. The van der Waals surface area contributed by atoms with Gasteiger partial charge in [0.25, 0.3) is 0 Å². The zero-order valence-corrected chi connectivity index (χ0v) is 10.3. The van der Waals surface area contributed by atoms with Crippen LogP contribution in [0.2, 0.25) is 0 Å². The third kappa shape index (κ3) is 1.61. The molecule has 14 heavy (non-hydrogen) atoms. The van der Waals surface area contributed by atoms with E-state index in [1.54, 1.807) is 6.42 Å². The van der Waals surface area contributed by atoms with E-state index >= 15 is 0 Å². The first-order valence-corrected chi connectivity index (χ1v) is 6.57. The Labute approximate surface area is 89.5 Å². The fourth-order valence-electron chi connectivity index (χ4n) is 4.68. The summed E-state index contributed by atoms with van der Waals surface area (Å²) in [7, 11) is 0. The highest BCUT2D eigenvalue weighted by Gasteiger charge is 2.48. The molecule has 0 aromatic carbocycles. The van der Waals surface area contributed by atoms with Crippen LogP contribution in [0.25, 0.3) is 0 Å². The van der Waals surface area contributed by atoms with Crippen molar-refractivity contribution in [2.45, 2.75) is 59.8 Å². The zero-order valence-electron chi connectivity index (χ0n) is 10.3. The summed E-state index contributed by atoms with van der Waals surface area (Å²) in [4.78, 5) is 0. The molecule has 0 saturated heterocycles. The largest absolute Gasteiger partial charge is 0.0651 e. The molecule has 0 radical (unpaired) electrons. The Kier molecular flexibility index (Phi) is 2.66. The number of rotatable bonds is 2. The monoisotopic (exact) mass is 194 g/mol. The maximum atomic E-state index is 2.48. The molecule has 2 bridgehead atoms. The van der Waals surface area contributed by atoms with Crippen molar-refractivity contribution in [3.05, 3.63) is 0 Å².